The van der Waals surface area contributed by atoms with Crippen LogP contribution < -0.4 is 0 Å². The molecule has 32 heavy (non-hydrogen) atoms. The number of hydrogen-bond acceptors (Lipinski definition) is 6. The molecule has 2 aromatic rings. The predicted octanol–water partition coefficient (Wildman–Crippen LogP) is 2.24. The van der Waals surface area contributed by atoms with Crippen LogP contribution in [0.3, 0.4) is 0 Å². The molecule has 2 bridgehead atoms. The standard InChI is InChI=1S/C24H37N5O3/c1-18-7-5-8-21(11-18)13-27(4)15-23-19(2)12-29(20(3)16-30)24(31)9-6-10-28-14-22(17-32-23)25-26-28/h5,7-8,11,14,19-20,23,30H,6,9-10,12-13,15-17H2,1-4H3/t19-,20-,23-/m1/s1. The number of aliphatic hydroxyl groups is 1. The van der Waals surface area contributed by atoms with Crippen molar-refractivity contribution in [3.05, 3.63) is 47.3 Å². The number of ether oxygens (including phenoxy) is 1. The maximum atomic E-state index is 12.9. The third-order valence-electron chi connectivity index (χ3n) is 6.07. The third kappa shape index (κ3) is 6.85. The van der Waals surface area contributed by atoms with Crippen LogP contribution in [0.4, 0.5) is 0 Å². The Morgan fingerprint density at radius 3 is 2.94 bits per heavy atom. The second-order valence-electron chi connectivity index (χ2n) is 9.17. The summed E-state index contributed by atoms with van der Waals surface area (Å²) >= 11 is 0. The molecule has 1 amide bonds. The minimum atomic E-state index is -0.224. The molecule has 2 heterocycles. The number of aryl methyl sites for hydroxylation is 2. The van der Waals surface area contributed by atoms with E-state index in [1.165, 1.54) is 11.1 Å². The lowest BCUT2D eigenvalue weighted by molar-refractivity contribution is -0.136. The fraction of sp³-hybridized carbons (Fsp3) is 0.625. The molecule has 176 valence electrons. The highest BCUT2D eigenvalue weighted by molar-refractivity contribution is 5.76. The number of nitrogens with zero attached hydrogens (tertiary/aromatic N) is 5. The van der Waals surface area contributed by atoms with Gasteiger partial charge in [0.25, 0.3) is 0 Å². The number of aromatic nitrogens is 3. The number of rotatable bonds is 6. The zero-order valence-corrected chi connectivity index (χ0v) is 19.8. The largest absolute Gasteiger partial charge is 0.394 e. The molecule has 0 aliphatic carbocycles. The van der Waals surface area contributed by atoms with Crippen LogP contribution in [0.15, 0.2) is 30.5 Å². The van der Waals surface area contributed by atoms with Crippen LogP contribution in [0.2, 0.25) is 0 Å². The normalized spacial score (nSPS) is 21.7. The lowest BCUT2D eigenvalue weighted by Crippen LogP contribution is -2.47. The van der Waals surface area contributed by atoms with E-state index in [0.29, 0.717) is 32.5 Å². The van der Waals surface area contributed by atoms with Gasteiger partial charge in [0.05, 0.1) is 31.6 Å². The molecule has 0 spiro atoms. The summed E-state index contributed by atoms with van der Waals surface area (Å²) in [7, 11) is 2.09. The molecule has 0 fully saturated rings. The van der Waals surface area contributed by atoms with Crippen LogP contribution in [-0.4, -0.2) is 74.7 Å². The zero-order chi connectivity index (χ0) is 23.1. The van der Waals surface area contributed by atoms with Crippen molar-refractivity contribution < 1.29 is 14.6 Å². The molecule has 1 aliphatic rings. The van der Waals surface area contributed by atoms with E-state index in [1.807, 2.05) is 18.0 Å². The quantitative estimate of drug-likeness (QED) is 0.737. The summed E-state index contributed by atoms with van der Waals surface area (Å²) in [4.78, 5) is 17.0. The number of fused-ring (bicyclic) bond motifs is 2. The van der Waals surface area contributed by atoms with Crippen molar-refractivity contribution >= 4 is 5.91 Å². The Morgan fingerprint density at radius 1 is 1.38 bits per heavy atom. The van der Waals surface area contributed by atoms with E-state index in [4.69, 9.17) is 4.74 Å². The van der Waals surface area contributed by atoms with Crippen molar-refractivity contribution in [2.24, 2.45) is 5.92 Å². The summed E-state index contributed by atoms with van der Waals surface area (Å²) in [5.74, 6) is 0.147. The summed E-state index contributed by atoms with van der Waals surface area (Å²) in [6.07, 6.45) is 2.91. The monoisotopic (exact) mass is 443 g/mol. The highest BCUT2D eigenvalue weighted by Gasteiger charge is 2.28. The summed E-state index contributed by atoms with van der Waals surface area (Å²) in [6.45, 7) is 9.17. The molecule has 8 nitrogen and oxygen atoms in total. The Kier molecular flexibility index (Phi) is 8.78. The van der Waals surface area contributed by atoms with E-state index >= 15 is 0 Å². The van der Waals surface area contributed by atoms with Crippen molar-refractivity contribution in [3.63, 3.8) is 0 Å². The summed E-state index contributed by atoms with van der Waals surface area (Å²) in [5, 5.41) is 18.1. The van der Waals surface area contributed by atoms with E-state index < -0.39 is 0 Å². The average molecular weight is 444 g/mol. The predicted molar refractivity (Wildman–Crippen MR) is 123 cm³/mol. The van der Waals surface area contributed by atoms with E-state index in [-0.39, 0.29) is 30.6 Å². The smallest absolute Gasteiger partial charge is 0.222 e. The first kappa shape index (κ1) is 24.4. The van der Waals surface area contributed by atoms with Gasteiger partial charge in [0, 0.05) is 38.5 Å². The minimum Gasteiger partial charge on any atom is -0.394 e. The van der Waals surface area contributed by atoms with Gasteiger partial charge in [-0.05, 0) is 32.9 Å². The molecule has 0 radical (unpaired) electrons. The molecule has 1 aliphatic heterocycles. The van der Waals surface area contributed by atoms with E-state index in [2.05, 4.69) is 60.4 Å². The zero-order valence-electron chi connectivity index (χ0n) is 19.8. The Balaban J connectivity index is 1.76. The van der Waals surface area contributed by atoms with Gasteiger partial charge < -0.3 is 14.7 Å². The summed E-state index contributed by atoms with van der Waals surface area (Å²) in [6, 6.07) is 8.30. The molecule has 8 heteroatoms. The molecule has 0 saturated heterocycles. The fourth-order valence-electron chi connectivity index (χ4n) is 4.19. The minimum absolute atomic E-state index is 0.0523. The number of likely N-dealkylation sites (N-methyl/N-ethyl adjacent to an activating group) is 1. The molecule has 3 atom stereocenters. The van der Waals surface area contributed by atoms with Crippen molar-refractivity contribution in [3.8, 4) is 0 Å². The van der Waals surface area contributed by atoms with Crippen LogP contribution in [-0.2, 0) is 29.2 Å². The van der Waals surface area contributed by atoms with Gasteiger partial charge in [-0.1, -0.05) is 42.0 Å². The van der Waals surface area contributed by atoms with Gasteiger partial charge in [0.1, 0.15) is 5.69 Å². The molecule has 1 N–H and O–H groups in total. The fourth-order valence-corrected chi connectivity index (χ4v) is 4.19. The summed E-state index contributed by atoms with van der Waals surface area (Å²) in [5.41, 5.74) is 3.31. The van der Waals surface area contributed by atoms with Crippen molar-refractivity contribution in [2.75, 3.05) is 26.7 Å². The van der Waals surface area contributed by atoms with Crippen LogP contribution in [0.25, 0.3) is 0 Å². The van der Waals surface area contributed by atoms with Crippen molar-refractivity contribution in [1.29, 1.82) is 0 Å². The molecule has 0 unspecified atom stereocenters. The van der Waals surface area contributed by atoms with Crippen molar-refractivity contribution in [1.82, 2.24) is 24.8 Å². The molecular formula is C24H37N5O3. The van der Waals surface area contributed by atoms with E-state index in [9.17, 15) is 9.90 Å². The Labute approximate surface area is 191 Å². The van der Waals surface area contributed by atoms with Gasteiger partial charge in [-0.3, -0.25) is 14.4 Å². The van der Waals surface area contributed by atoms with Gasteiger partial charge >= 0.3 is 0 Å². The number of benzene rings is 1. The first-order chi connectivity index (χ1) is 15.4. The molecule has 1 aromatic carbocycles. The lowest BCUT2D eigenvalue weighted by atomic mass is 10.0. The maximum Gasteiger partial charge on any atom is 0.222 e. The van der Waals surface area contributed by atoms with E-state index in [1.54, 1.807) is 4.68 Å². The van der Waals surface area contributed by atoms with Gasteiger partial charge in [0.2, 0.25) is 5.91 Å². The van der Waals surface area contributed by atoms with Gasteiger partial charge in [-0.15, -0.1) is 5.10 Å². The number of amides is 1. The van der Waals surface area contributed by atoms with Gasteiger partial charge in [-0.25, -0.2) is 0 Å². The number of hydrogen-bond donors (Lipinski definition) is 1. The highest BCUT2D eigenvalue weighted by Crippen LogP contribution is 2.18. The van der Waals surface area contributed by atoms with Crippen LogP contribution in [0.5, 0.6) is 0 Å². The second-order valence-corrected chi connectivity index (χ2v) is 9.17. The van der Waals surface area contributed by atoms with Crippen LogP contribution in [0.1, 0.15) is 43.5 Å². The maximum absolute atomic E-state index is 12.9. The number of aliphatic hydroxyl groups excluding tert-OH is 1. The average Bonchev–Trinajstić information content (AvgIpc) is 3.21. The molecular weight excluding hydrogens is 406 g/mol. The van der Waals surface area contributed by atoms with E-state index in [0.717, 1.165) is 18.8 Å². The Morgan fingerprint density at radius 2 is 2.19 bits per heavy atom. The first-order valence-electron chi connectivity index (χ1n) is 11.5. The van der Waals surface area contributed by atoms with Gasteiger partial charge in [0.15, 0.2) is 0 Å². The topological polar surface area (TPSA) is 83.7 Å². The Hall–Kier alpha value is -2.29. The number of carbonyl (C=O) groups is 1. The van der Waals surface area contributed by atoms with Gasteiger partial charge in [-0.2, -0.15) is 0 Å². The second kappa shape index (κ2) is 11.5. The first-order valence-corrected chi connectivity index (χ1v) is 11.5. The van der Waals surface area contributed by atoms with Crippen LogP contribution in [0, 0.1) is 12.8 Å². The Bertz CT molecular complexity index is 871. The number of carbonyl (C=O) groups excluding carboxylic acids is 1. The van der Waals surface area contributed by atoms with Crippen LogP contribution >= 0.6 is 0 Å². The summed E-state index contributed by atoms with van der Waals surface area (Å²) < 4.78 is 8.11. The highest BCUT2D eigenvalue weighted by atomic mass is 16.5. The molecule has 0 saturated carbocycles. The van der Waals surface area contributed by atoms with Crippen molar-refractivity contribution in [2.45, 2.75) is 65.5 Å². The third-order valence-corrected chi connectivity index (χ3v) is 6.07. The molecule has 1 aromatic heterocycles. The lowest BCUT2D eigenvalue weighted by Gasteiger charge is -2.35. The SMILES string of the molecule is Cc1cccc(CN(C)C[C@H]2OCc3cn(nn3)CCCC(=O)N([C@H](C)CO)C[C@H]2C)c1. The molecule has 3 rings (SSSR count).